The molecular formula is C11H11Cl3N2OS2. The van der Waals surface area contributed by atoms with Gasteiger partial charge >= 0.3 is 0 Å². The quantitative estimate of drug-likeness (QED) is 0.650. The molecule has 1 aromatic carbocycles. The summed E-state index contributed by atoms with van der Waals surface area (Å²) >= 11 is 24.0. The highest BCUT2D eigenvalue weighted by atomic mass is 35.5. The van der Waals surface area contributed by atoms with E-state index in [2.05, 4.69) is 5.32 Å². The fourth-order valence-corrected chi connectivity index (χ4v) is 2.42. The number of carbonyl (C=O) groups is 1. The molecule has 19 heavy (non-hydrogen) atoms. The topological polar surface area (TPSA) is 32.3 Å². The monoisotopic (exact) mass is 356 g/mol. The molecule has 1 N–H and O–H groups in total. The van der Waals surface area contributed by atoms with Crippen molar-refractivity contribution < 1.29 is 4.79 Å². The molecule has 1 aromatic rings. The molecule has 0 saturated heterocycles. The van der Waals surface area contributed by atoms with Crippen molar-refractivity contribution in [3.63, 3.8) is 0 Å². The van der Waals surface area contributed by atoms with E-state index in [9.17, 15) is 4.79 Å². The second-order valence-corrected chi connectivity index (χ2v) is 6.57. The highest BCUT2D eigenvalue weighted by Crippen LogP contribution is 2.32. The van der Waals surface area contributed by atoms with Gasteiger partial charge in [0.1, 0.15) is 4.32 Å². The van der Waals surface area contributed by atoms with Gasteiger partial charge in [0, 0.05) is 14.1 Å². The van der Waals surface area contributed by atoms with Gasteiger partial charge in [0.2, 0.25) is 5.91 Å². The Balaban J connectivity index is 2.63. The maximum atomic E-state index is 11.7. The zero-order valence-electron chi connectivity index (χ0n) is 10.2. The predicted octanol–water partition coefficient (Wildman–Crippen LogP) is 4.17. The summed E-state index contributed by atoms with van der Waals surface area (Å²) in [6.07, 6.45) is 0. The lowest BCUT2D eigenvalue weighted by Crippen LogP contribution is -2.20. The van der Waals surface area contributed by atoms with Crippen LogP contribution in [0.25, 0.3) is 0 Å². The van der Waals surface area contributed by atoms with E-state index in [1.807, 2.05) is 14.1 Å². The van der Waals surface area contributed by atoms with Crippen LogP contribution in [0.1, 0.15) is 0 Å². The number of nitrogens with one attached hydrogen (secondary N) is 1. The van der Waals surface area contributed by atoms with Crippen molar-refractivity contribution in [2.75, 3.05) is 25.2 Å². The number of halogens is 3. The van der Waals surface area contributed by atoms with Crippen molar-refractivity contribution in [2.24, 2.45) is 0 Å². The minimum atomic E-state index is -0.213. The first kappa shape index (κ1) is 16.9. The van der Waals surface area contributed by atoms with Crippen molar-refractivity contribution >= 4 is 74.7 Å². The van der Waals surface area contributed by atoms with Crippen LogP contribution in [0.2, 0.25) is 15.1 Å². The standard InChI is InChI=1S/C11H11Cl3N2OS2/c1-16(2)11(18)19-5-10(17)15-9-4-7(13)6(12)3-8(9)14/h3-4H,5H2,1-2H3,(H,15,17). The molecule has 0 radical (unpaired) electrons. The molecule has 0 heterocycles. The lowest BCUT2D eigenvalue weighted by Gasteiger charge is -2.13. The van der Waals surface area contributed by atoms with E-state index < -0.39 is 0 Å². The summed E-state index contributed by atoms with van der Waals surface area (Å²) in [5.41, 5.74) is 0.428. The van der Waals surface area contributed by atoms with E-state index in [4.69, 9.17) is 47.0 Å². The third-order valence-corrected chi connectivity index (χ3v) is 4.75. The first-order valence-electron chi connectivity index (χ1n) is 5.09. The third-order valence-electron chi connectivity index (χ3n) is 1.98. The molecule has 1 rings (SSSR count). The lowest BCUT2D eigenvalue weighted by molar-refractivity contribution is -0.113. The Kier molecular flexibility index (Phi) is 6.69. The Bertz CT molecular complexity index is 509. The number of anilines is 1. The van der Waals surface area contributed by atoms with Crippen LogP contribution in [-0.2, 0) is 4.79 Å². The van der Waals surface area contributed by atoms with E-state index in [1.54, 1.807) is 4.90 Å². The number of carbonyl (C=O) groups excluding carboxylic acids is 1. The summed E-state index contributed by atoms with van der Waals surface area (Å²) in [6, 6.07) is 3.00. The number of thiocarbonyl (C=S) groups is 1. The number of benzene rings is 1. The molecule has 0 aliphatic rings. The lowest BCUT2D eigenvalue weighted by atomic mass is 10.3. The number of hydrogen-bond acceptors (Lipinski definition) is 3. The zero-order chi connectivity index (χ0) is 14.6. The normalized spacial score (nSPS) is 10.2. The molecule has 0 bridgehead atoms. The number of rotatable bonds is 3. The largest absolute Gasteiger partial charge is 0.364 e. The Hall–Kier alpha value is -0.200. The Morgan fingerprint density at radius 3 is 2.42 bits per heavy atom. The van der Waals surface area contributed by atoms with Gasteiger partial charge in [-0.3, -0.25) is 4.79 Å². The summed E-state index contributed by atoms with van der Waals surface area (Å²) in [7, 11) is 3.64. The average molecular weight is 358 g/mol. The fourth-order valence-electron chi connectivity index (χ4n) is 1.06. The summed E-state index contributed by atoms with van der Waals surface area (Å²) in [6.45, 7) is 0. The van der Waals surface area contributed by atoms with Crippen molar-refractivity contribution in [3.8, 4) is 0 Å². The molecule has 8 heteroatoms. The minimum absolute atomic E-state index is 0.202. The second-order valence-electron chi connectivity index (χ2n) is 3.74. The minimum Gasteiger partial charge on any atom is -0.364 e. The van der Waals surface area contributed by atoms with Gasteiger partial charge in [-0.05, 0) is 12.1 Å². The van der Waals surface area contributed by atoms with Crippen molar-refractivity contribution in [1.29, 1.82) is 0 Å². The fraction of sp³-hybridized carbons (Fsp3) is 0.273. The summed E-state index contributed by atoms with van der Waals surface area (Å²) in [4.78, 5) is 13.5. The predicted molar refractivity (Wildman–Crippen MR) is 88.8 cm³/mol. The zero-order valence-corrected chi connectivity index (χ0v) is 14.1. The van der Waals surface area contributed by atoms with Gasteiger partial charge < -0.3 is 10.2 Å². The van der Waals surface area contributed by atoms with Crippen molar-refractivity contribution in [3.05, 3.63) is 27.2 Å². The SMILES string of the molecule is CN(C)C(=S)SCC(=O)Nc1cc(Cl)c(Cl)cc1Cl. The van der Waals surface area contributed by atoms with Gasteiger partial charge in [0.05, 0.1) is 26.5 Å². The van der Waals surface area contributed by atoms with Gasteiger partial charge in [-0.1, -0.05) is 58.8 Å². The maximum absolute atomic E-state index is 11.7. The molecule has 104 valence electrons. The van der Waals surface area contributed by atoms with Gasteiger partial charge in [0.15, 0.2) is 0 Å². The van der Waals surface area contributed by atoms with Crippen molar-refractivity contribution in [2.45, 2.75) is 0 Å². The molecule has 0 spiro atoms. The molecule has 0 fully saturated rings. The van der Waals surface area contributed by atoms with E-state index in [-0.39, 0.29) is 11.7 Å². The molecule has 0 aromatic heterocycles. The van der Waals surface area contributed by atoms with Crippen LogP contribution in [0.3, 0.4) is 0 Å². The molecule has 1 amide bonds. The molecule has 0 atom stereocenters. The Morgan fingerprint density at radius 2 is 1.84 bits per heavy atom. The highest BCUT2D eigenvalue weighted by Gasteiger charge is 2.11. The summed E-state index contributed by atoms with van der Waals surface area (Å²) in [5, 5.41) is 3.67. The van der Waals surface area contributed by atoms with Crippen LogP contribution < -0.4 is 5.32 Å². The third kappa shape index (κ3) is 5.36. The van der Waals surface area contributed by atoms with E-state index in [0.29, 0.717) is 25.1 Å². The van der Waals surface area contributed by atoms with Crippen LogP contribution in [0, 0.1) is 0 Å². The van der Waals surface area contributed by atoms with Crippen LogP contribution in [-0.4, -0.2) is 35.0 Å². The molecule has 0 aliphatic heterocycles. The van der Waals surface area contributed by atoms with Crippen LogP contribution >= 0.6 is 58.8 Å². The molecule has 0 unspecified atom stereocenters. The average Bonchev–Trinajstić information content (AvgIpc) is 2.32. The van der Waals surface area contributed by atoms with Gasteiger partial charge in [-0.15, -0.1) is 0 Å². The molecule has 0 saturated carbocycles. The van der Waals surface area contributed by atoms with Gasteiger partial charge in [-0.2, -0.15) is 0 Å². The first-order valence-corrected chi connectivity index (χ1v) is 7.62. The van der Waals surface area contributed by atoms with E-state index in [0.717, 1.165) is 0 Å². The highest BCUT2D eigenvalue weighted by molar-refractivity contribution is 8.23. The molecular weight excluding hydrogens is 347 g/mol. The summed E-state index contributed by atoms with van der Waals surface area (Å²) in [5.74, 6) is -0.0115. The molecule has 0 aliphatic carbocycles. The Labute approximate surface area is 136 Å². The molecule has 3 nitrogen and oxygen atoms in total. The number of thioether (sulfide) groups is 1. The van der Waals surface area contributed by atoms with Gasteiger partial charge in [-0.25, -0.2) is 0 Å². The van der Waals surface area contributed by atoms with Crippen molar-refractivity contribution in [1.82, 2.24) is 4.90 Å². The van der Waals surface area contributed by atoms with Gasteiger partial charge in [0.25, 0.3) is 0 Å². The smallest absolute Gasteiger partial charge is 0.234 e. The van der Waals surface area contributed by atoms with E-state index >= 15 is 0 Å². The van der Waals surface area contributed by atoms with Crippen LogP contribution in [0.15, 0.2) is 12.1 Å². The number of nitrogens with zero attached hydrogens (tertiary/aromatic N) is 1. The van der Waals surface area contributed by atoms with E-state index in [1.165, 1.54) is 23.9 Å². The summed E-state index contributed by atoms with van der Waals surface area (Å²) < 4.78 is 0.635. The Morgan fingerprint density at radius 1 is 1.26 bits per heavy atom. The van der Waals surface area contributed by atoms with Crippen LogP contribution in [0.4, 0.5) is 5.69 Å². The number of amides is 1. The maximum Gasteiger partial charge on any atom is 0.234 e. The first-order chi connectivity index (χ1) is 8.81. The van der Waals surface area contributed by atoms with Crippen LogP contribution in [0.5, 0.6) is 0 Å². The number of hydrogen-bond donors (Lipinski definition) is 1. The second kappa shape index (κ2) is 7.55.